The summed E-state index contributed by atoms with van der Waals surface area (Å²) in [6.07, 6.45) is 4.64. The Morgan fingerprint density at radius 3 is 2.67 bits per heavy atom. The summed E-state index contributed by atoms with van der Waals surface area (Å²) in [4.78, 5) is 24.7. The van der Waals surface area contributed by atoms with Gasteiger partial charge in [-0.3, -0.25) is 19.1 Å². The zero-order chi connectivity index (χ0) is 16.5. The molecule has 0 radical (unpaired) electrons. The van der Waals surface area contributed by atoms with Gasteiger partial charge in [-0.25, -0.2) is 0 Å². The maximum Gasteiger partial charge on any atom is 0.229 e. The van der Waals surface area contributed by atoms with E-state index in [0.717, 1.165) is 29.6 Å². The Kier molecular flexibility index (Phi) is 4.13. The summed E-state index contributed by atoms with van der Waals surface area (Å²) >= 11 is 1.53. The quantitative estimate of drug-likeness (QED) is 0.564. The van der Waals surface area contributed by atoms with Crippen LogP contribution in [0.1, 0.15) is 43.2 Å². The third-order valence-corrected chi connectivity index (χ3v) is 5.23. The van der Waals surface area contributed by atoms with Crippen molar-refractivity contribution in [2.45, 2.75) is 43.3 Å². The van der Waals surface area contributed by atoms with Crippen LogP contribution in [0.15, 0.2) is 28.0 Å². The van der Waals surface area contributed by atoms with Crippen LogP contribution in [0.4, 0.5) is 0 Å². The monoisotopic (exact) mass is 346 g/mol. The molecule has 2 fully saturated rings. The minimum atomic E-state index is -0.0729. The Morgan fingerprint density at radius 2 is 2.00 bits per heavy atom. The van der Waals surface area contributed by atoms with E-state index in [0.29, 0.717) is 37.6 Å². The number of rotatable bonds is 7. The molecule has 0 bridgehead atoms. The largest absolute Gasteiger partial charge is 0.467 e. The lowest BCUT2D eigenvalue weighted by Crippen LogP contribution is -2.31. The molecule has 0 unspecified atom stereocenters. The second-order valence-corrected chi connectivity index (χ2v) is 7.13. The van der Waals surface area contributed by atoms with Crippen LogP contribution in [-0.2, 0) is 16.1 Å². The van der Waals surface area contributed by atoms with Crippen molar-refractivity contribution in [3.05, 3.63) is 30.0 Å². The maximum absolute atomic E-state index is 11.7. The summed E-state index contributed by atoms with van der Waals surface area (Å²) in [7, 11) is 0. The van der Waals surface area contributed by atoms with Crippen LogP contribution in [0.5, 0.6) is 0 Å². The number of furan rings is 1. The molecule has 126 valence electrons. The van der Waals surface area contributed by atoms with Gasteiger partial charge in [0.1, 0.15) is 11.6 Å². The molecule has 8 heteroatoms. The zero-order valence-electron chi connectivity index (χ0n) is 13.2. The van der Waals surface area contributed by atoms with Gasteiger partial charge in [0.25, 0.3) is 0 Å². The number of likely N-dealkylation sites (tertiary alicyclic amines) is 1. The molecule has 1 saturated carbocycles. The molecular formula is C16H18N4O3S. The lowest BCUT2D eigenvalue weighted by molar-refractivity contribution is -0.137. The summed E-state index contributed by atoms with van der Waals surface area (Å²) in [5.74, 6) is 2.83. The van der Waals surface area contributed by atoms with Gasteiger partial charge in [-0.15, -0.1) is 10.2 Å². The van der Waals surface area contributed by atoms with Crippen LogP contribution >= 0.6 is 11.8 Å². The second-order valence-electron chi connectivity index (χ2n) is 6.07. The first kappa shape index (κ1) is 15.4. The fourth-order valence-electron chi connectivity index (χ4n) is 2.86. The minimum Gasteiger partial charge on any atom is -0.467 e. The molecule has 1 saturated heterocycles. The number of nitrogens with zero attached hydrogens (tertiary/aromatic N) is 4. The summed E-state index contributed by atoms with van der Waals surface area (Å²) in [5.41, 5.74) is 0. The summed E-state index contributed by atoms with van der Waals surface area (Å²) in [6.45, 7) is 1.03. The molecule has 0 N–H and O–H groups in total. The number of carbonyl (C=O) groups is 2. The average Bonchev–Trinajstić information content (AvgIpc) is 2.99. The molecule has 0 atom stereocenters. The lowest BCUT2D eigenvalue weighted by atomic mass is 10.3. The summed E-state index contributed by atoms with van der Waals surface area (Å²) < 4.78 is 7.54. The first-order valence-corrected chi connectivity index (χ1v) is 9.12. The van der Waals surface area contributed by atoms with Gasteiger partial charge < -0.3 is 4.42 Å². The molecular weight excluding hydrogens is 328 g/mol. The van der Waals surface area contributed by atoms with Crippen molar-refractivity contribution in [3.8, 4) is 0 Å². The Balaban J connectivity index is 1.44. The molecule has 2 aliphatic rings. The van der Waals surface area contributed by atoms with Crippen LogP contribution in [-0.4, -0.2) is 43.8 Å². The van der Waals surface area contributed by atoms with E-state index in [9.17, 15) is 9.59 Å². The Bertz CT molecular complexity index is 735. The highest BCUT2D eigenvalue weighted by molar-refractivity contribution is 7.99. The normalized spacial score (nSPS) is 17.9. The van der Waals surface area contributed by atoms with Gasteiger partial charge in [-0.05, 0) is 25.0 Å². The topological polar surface area (TPSA) is 81.2 Å². The van der Waals surface area contributed by atoms with Crippen molar-refractivity contribution < 1.29 is 14.0 Å². The number of hydrogen-bond acceptors (Lipinski definition) is 6. The van der Waals surface area contributed by atoms with Crippen LogP contribution < -0.4 is 0 Å². The van der Waals surface area contributed by atoms with E-state index in [-0.39, 0.29) is 11.8 Å². The predicted molar refractivity (Wildman–Crippen MR) is 86.5 cm³/mol. The smallest absolute Gasteiger partial charge is 0.229 e. The van der Waals surface area contributed by atoms with Crippen LogP contribution in [0.2, 0.25) is 0 Å². The van der Waals surface area contributed by atoms with E-state index in [1.807, 2.05) is 12.1 Å². The molecule has 4 rings (SSSR count). The van der Waals surface area contributed by atoms with Crippen molar-refractivity contribution in [1.82, 2.24) is 19.7 Å². The molecule has 7 nitrogen and oxygen atoms in total. The van der Waals surface area contributed by atoms with E-state index in [4.69, 9.17) is 4.42 Å². The number of hydrogen-bond donors (Lipinski definition) is 0. The van der Waals surface area contributed by atoms with Crippen molar-refractivity contribution in [2.24, 2.45) is 0 Å². The van der Waals surface area contributed by atoms with E-state index >= 15 is 0 Å². The first-order valence-electron chi connectivity index (χ1n) is 8.14. The standard InChI is InChI=1S/C16H18N4O3S/c21-13-5-6-14(22)19(13)7-9-24-16-18-17-15(11-3-4-11)20(16)10-12-2-1-8-23-12/h1-2,8,11H,3-7,9-10H2. The Morgan fingerprint density at radius 1 is 1.21 bits per heavy atom. The fourth-order valence-corrected chi connectivity index (χ4v) is 3.73. The molecule has 2 aromatic rings. The molecule has 1 aliphatic heterocycles. The molecule has 0 aromatic carbocycles. The summed E-state index contributed by atoms with van der Waals surface area (Å²) in [5, 5.41) is 9.46. The highest BCUT2D eigenvalue weighted by atomic mass is 32.2. The third-order valence-electron chi connectivity index (χ3n) is 4.28. The second kappa shape index (κ2) is 6.43. The highest BCUT2D eigenvalue weighted by Crippen LogP contribution is 2.40. The van der Waals surface area contributed by atoms with Crippen LogP contribution in [0, 0.1) is 0 Å². The predicted octanol–water partition coefficient (Wildman–Crippen LogP) is 2.04. The van der Waals surface area contributed by atoms with Crippen molar-refractivity contribution >= 4 is 23.6 Å². The van der Waals surface area contributed by atoms with Gasteiger partial charge in [0.15, 0.2) is 5.16 Å². The number of imide groups is 1. The van der Waals surface area contributed by atoms with Gasteiger partial charge in [-0.2, -0.15) is 0 Å². The molecule has 2 aromatic heterocycles. The van der Waals surface area contributed by atoms with Gasteiger partial charge >= 0.3 is 0 Å². The average molecular weight is 346 g/mol. The number of amides is 2. The molecule has 24 heavy (non-hydrogen) atoms. The fraction of sp³-hybridized carbons (Fsp3) is 0.500. The highest BCUT2D eigenvalue weighted by Gasteiger charge is 2.31. The van der Waals surface area contributed by atoms with Gasteiger partial charge in [0.05, 0.1) is 12.8 Å². The Hall–Kier alpha value is -2.09. The van der Waals surface area contributed by atoms with E-state index in [1.165, 1.54) is 16.7 Å². The van der Waals surface area contributed by atoms with Crippen molar-refractivity contribution in [2.75, 3.05) is 12.3 Å². The first-order chi connectivity index (χ1) is 11.7. The van der Waals surface area contributed by atoms with Crippen molar-refractivity contribution in [3.63, 3.8) is 0 Å². The number of aromatic nitrogens is 3. The van der Waals surface area contributed by atoms with E-state index < -0.39 is 0 Å². The SMILES string of the molecule is O=C1CCC(=O)N1CCSc1nnc(C2CC2)n1Cc1ccco1. The van der Waals surface area contributed by atoms with E-state index in [2.05, 4.69) is 14.8 Å². The van der Waals surface area contributed by atoms with Gasteiger partial charge in [0, 0.05) is 31.1 Å². The molecule has 1 aliphatic carbocycles. The van der Waals surface area contributed by atoms with Crippen LogP contribution in [0.3, 0.4) is 0 Å². The van der Waals surface area contributed by atoms with E-state index in [1.54, 1.807) is 6.26 Å². The minimum absolute atomic E-state index is 0.0729. The van der Waals surface area contributed by atoms with Crippen molar-refractivity contribution in [1.29, 1.82) is 0 Å². The third kappa shape index (κ3) is 3.10. The number of thioether (sulfide) groups is 1. The van der Waals surface area contributed by atoms with Crippen LogP contribution in [0.25, 0.3) is 0 Å². The maximum atomic E-state index is 11.7. The summed E-state index contributed by atoms with van der Waals surface area (Å²) in [6, 6.07) is 3.81. The number of carbonyl (C=O) groups excluding carboxylic acids is 2. The zero-order valence-corrected chi connectivity index (χ0v) is 14.0. The molecule has 3 heterocycles. The Labute approximate surface area is 143 Å². The lowest BCUT2D eigenvalue weighted by Gasteiger charge is -2.13. The molecule has 0 spiro atoms. The van der Waals surface area contributed by atoms with Gasteiger partial charge in [-0.1, -0.05) is 11.8 Å². The van der Waals surface area contributed by atoms with Gasteiger partial charge in [0.2, 0.25) is 11.8 Å². The molecule has 2 amide bonds.